The first-order valence-corrected chi connectivity index (χ1v) is 10.1. The minimum Gasteiger partial charge on any atom is -0.451 e. The van der Waals surface area contributed by atoms with Crippen molar-refractivity contribution in [2.45, 2.75) is 31.3 Å². The van der Waals surface area contributed by atoms with Crippen molar-refractivity contribution in [3.05, 3.63) is 77.8 Å². The van der Waals surface area contributed by atoms with Gasteiger partial charge in [-0.15, -0.1) is 0 Å². The number of hydrogen-bond donors (Lipinski definition) is 1. The summed E-state index contributed by atoms with van der Waals surface area (Å²) in [5.41, 5.74) is 1.13. The summed E-state index contributed by atoms with van der Waals surface area (Å²) in [5.74, 6) is -1.82. The van der Waals surface area contributed by atoms with Crippen molar-refractivity contribution in [2.75, 3.05) is 5.32 Å². The van der Waals surface area contributed by atoms with Gasteiger partial charge in [0.05, 0.1) is 17.4 Å². The van der Waals surface area contributed by atoms with E-state index in [0.29, 0.717) is 37.1 Å². The van der Waals surface area contributed by atoms with Gasteiger partial charge < -0.3 is 14.6 Å². The van der Waals surface area contributed by atoms with E-state index in [1.165, 1.54) is 29.2 Å². The van der Waals surface area contributed by atoms with E-state index in [4.69, 9.17) is 4.74 Å². The van der Waals surface area contributed by atoms with E-state index in [9.17, 15) is 18.4 Å². The molecule has 1 N–H and O–H groups in total. The lowest BCUT2D eigenvalue weighted by molar-refractivity contribution is -0.122. The summed E-state index contributed by atoms with van der Waals surface area (Å²) in [6.07, 6.45) is 5.18. The highest BCUT2D eigenvalue weighted by atomic mass is 19.1. The second-order valence-corrected chi connectivity index (χ2v) is 7.99. The Labute approximate surface area is 176 Å². The van der Waals surface area contributed by atoms with E-state index >= 15 is 0 Å². The van der Waals surface area contributed by atoms with Crippen LogP contribution in [-0.2, 0) is 15.1 Å². The molecule has 3 aromatic rings. The SMILES string of the molecule is O=C1OC2(CCC(C(=O)Nc3cn(-c4cc(F)cc(F)c4)cn3)CC2)c2ccccc21. The average Bonchev–Trinajstić information content (AvgIpc) is 3.31. The number of hydrogen-bond acceptors (Lipinski definition) is 4. The first-order valence-electron chi connectivity index (χ1n) is 10.1. The summed E-state index contributed by atoms with van der Waals surface area (Å²) >= 11 is 0. The smallest absolute Gasteiger partial charge is 0.339 e. The van der Waals surface area contributed by atoms with Gasteiger partial charge in [0, 0.05) is 17.5 Å². The van der Waals surface area contributed by atoms with Crippen LogP contribution >= 0.6 is 0 Å². The lowest BCUT2D eigenvalue weighted by atomic mass is 9.74. The largest absolute Gasteiger partial charge is 0.451 e. The number of nitrogens with one attached hydrogen (secondary N) is 1. The zero-order valence-corrected chi connectivity index (χ0v) is 16.5. The number of carbonyl (C=O) groups excluding carboxylic acids is 2. The van der Waals surface area contributed by atoms with Crippen molar-refractivity contribution in [3.63, 3.8) is 0 Å². The number of rotatable bonds is 3. The maximum atomic E-state index is 13.4. The summed E-state index contributed by atoms with van der Waals surface area (Å²) in [6.45, 7) is 0. The minimum absolute atomic E-state index is 0.178. The summed E-state index contributed by atoms with van der Waals surface area (Å²) in [6, 6.07) is 10.5. The fourth-order valence-electron chi connectivity index (χ4n) is 4.51. The molecule has 2 heterocycles. The Hall–Kier alpha value is -3.55. The lowest BCUT2D eigenvalue weighted by Crippen LogP contribution is -2.36. The normalized spacial score (nSPS) is 22.3. The molecule has 1 aromatic heterocycles. The van der Waals surface area contributed by atoms with Crippen LogP contribution in [0.25, 0.3) is 5.69 Å². The number of halogens is 2. The van der Waals surface area contributed by atoms with E-state index < -0.39 is 17.2 Å². The van der Waals surface area contributed by atoms with Crippen molar-refractivity contribution in [1.82, 2.24) is 9.55 Å². The third-order valence-electron chi connectivity index (χ3n) is 6.07. The second-order valence-electron chi connectivity index (χ2n) is 7.99. The standard InChI is InChI=1S/C23H19F2N3O3/c24-15-9-16(25)11-17(10-15)28-12-20(26-13-28)27-21(29)14-5-7-23(8-6-14)19-4-2-1-3-18(19)22(30)31-23/h1-4,9-14H,5-8H2,(H,27,29). The topological polar surface area (TPSA) is 73.2 Å². The Morgan fingerprint density at radius 1 is 1.13 bits per heavy atom. The number of imidazole rings is 1. The predicted molar refractivity (Wildman–Crippen MR) is 108 cm³/mol. The molecular formula is C23H19F2N3O3. The van der Waals surface area contributed by atoms with Gasteiger partial charge in [-0.1, -0.05) is 18.2 Å². The Morgan fingerprint density at radius 2 is 1.84 bits per heavy atom. The number of esters is 1. The first-order chi connectivity index (χ1) is 14.9. The van der Waals surface area contributed by atoms with Crippen LogP contribution < -0.4 is 5.32 Å². The van der Waals surface area contributed by atoms with Gasteiger partial charge >= 0.3 is 5.97 Å². The number of anilines is 1. The highest BCUT2D eigenvalue weighted by Gasteiger charge is 2.48. The molecule has 1 aliphatic carbocycles. The third-order valence-corrected chi connectivity index (χ3v) is 6.07. The number of amides is 1. The molecule has 2 aliphatic rings. The van der Waals surface area contributed by atoms with Gasteiger partial charge in [-0.2, -0.15) is 0 Å². The summed E-state index contributed by atoms with van der Waals surface area (Å²) < 4.78 is 34.1. The van der Waals surface area contributed by atoms with Crippen LogP contribution in [0.5, 0.6) is 0 Å². The van der Waals surface area contributed by atoms with Crippen molar-refractivity contribution in [2.24, 2.45) is 5.92 Å². The van der Waals surface area contributed by atoms with Gasteiger partial charge in [-0.05, 0) is 43.9 Å². The van der Waals surface area contributed by atoms with Crippen LogP contribution in [0, 0.1) is 17.6 Å². The van der Waals surface area contributed by atoms with E-state index in [1.807, 2.05) is 18.2 Å². The summed E-state index contributed by atoms with van der Waals surface area (Å²) in [4.78, 5) is 29.1. The molecule has 0 saturated heterocycles. The lowest BCUT2D eigenvalue weighted by Gasteiger charge is -2.35. The zero-order valence-electron chi connectivity index (χ0n) is 16.5. The highest BCUT2D eigenvalue weighted by Crippen LogP contribution is 2.48. The molecule has 31 heavy (non-hydrogen) atoms. The number of aromatic nitrogens is 2. The molecule has 1 amide bonds. The molecule has 158 valence electrons. The average molecular weight is 423 g/mol. The molecule has 1 fully saturated rings. The predicted octanol–water partition coefficient (Wildman–Crippen LogP) is 4.35. The Balaban J connectivity index is 1.25. The van der Waals surface area contributed by atoms with Crippen LogP contribution in [0.2, 0.25) is 0 Å². The number of nitrogens with zero attached hydrogens (tertiary/aromatic N) is 2. The second kappa shape index (κ2) is 7.30. The molecule has 1 aliphatic heterocycles. The number of fused-ring (bicyclic) bond motifs is 2. The van der Waals surface area contributed by atoms with E-state index in [0.717, 1.165) is 11.6 Å². The molecule has 0 radical (unpaired) electrons. The Bertz CT molecular complexity index is 1160. The molecule has 5 rings (SSSR count). The first kappa shape index (κ1) is 19.4. The van der Waals surface area contributed by atoms with Crippen molar-refractivity contribution in [3.8, 4) is 5.69 Å². The van der Waals surface area contributed by atoms with Gasteiger partial charge in [-0.3, -0.25) is 4.79 Å². The molecular weight excluding hydrogens is 404 g/mol. The van der Waals surface area contributed by atoms with Gasteiger partial charge in [0.15, 0.2) is 5.82 Å². The molecule has 6 nitrogen and oxygen atoms in total. The fourth-order valence-corrected chi connectivity index (χ4v) is 4.51. The number of benzene rings is 2. The van der Waals surface area contributed by atoms with Gasteiger partial charge in [0.2, 0.25) is 5.91 Å². The van der Waals surface area contributed by atoms with Crippen LogP contribution in [0.15, 0.2) is 55.0 Å². The third kappa shape index (κ3) is 3.48. The maximum absolute atomic E-state index is 13.4. The Morgan fingerprint density at radius 3 is 2.58 bits per heavy atom. The Kier molecular flexibility index (Phi) is 4.57. The number of carbonyl (C=O) groups is 2. The van der Waals surface area contributed by atoms with Gasteiger partial charge in [0.25, 0.3) is 0 Å². The van der Waals surface area contributed by atoms with E-state index in [-0.39, 0.29) is 23.5 Å². The maximum Gasteiger partial charge on any atom is 0.339 e. The van der Waals surface area contributed by atoms with E-state index in [1.54, 1.807) is 6.07 Å². The minimum atomic E-state index is -0.695. The quantitative estimate of drug-likeness (QED) is 0.636. The molecule has 0 bridgehead atoms. The highest BCUT2D eigenvalue weighted by molar-refractivity contribution is 5.95. The molecule has 1 saturated carbocycles. The van der Waals surface area contributed by atoms with Gasteiger partial charge in [-0.25, -0.2) is 18.6 Å². The monoisotopic (exact) mass is 423 g/mol. The van der Waals surface area contributed by atoms with Crippen LogP contribution in [0.4, 0.5) is 14.6 Å². The van der Waals surface area contributed by atoms with Crippen molar-refractivity contribution >= 4 is 17.7 Å². The molecule has 0 atom stereocenters. The molecule has 1 spiro atoms. The molecule has 0 unspecified atom stereocenters. The number of ether oxygens (including phenoxy) is 1. The molecule has 2 aromatic carbocycles. The zero-order chi connectivity index (χ0) is 21.6. The van der Waals surface area contributed by atoms with Crippen molar-refractivity contribution in [1.29, 1.82) is 0 Å². The van der Waals surface area contributed by atoms with Crippen LogP contribution in [0.3, 0.4) is 0 Å². The molecule has 8 heteroatoms. The van der Waals surface area contributed by atoms with Gasteiger partial charge in [0.1, 0.15) is 23.6 Å². The van der Waals surface area contributed by atoms with Crippen LogP contribution in [-0.4, -0.2) is 21.4 Å². The summed E-state index contributed by atoms with van der Waals surface area (Å²) in [5, 5.41) is 2.77. The fraction of sp³-hybridized carbons (Fsp3) is 0.261. The van der Waals surface area contributed by atoms with Crippen molar-refractivity contribution < 1.29 is 23.1 Å². The summed E-state index contributed by atoms with van der Waals surface area (Å²) in [7, 11) is 0. The van der Waals surface area contributed by atoms with Crippen LogP contribution in [0.1, 0.15) is 41.6 Å². The van der Waals surface area contributed by atoms with E-state index in [2.05, 4.69) is 10.3 Å².